The lowest BCUT2D eigenvalue weighted by atomic mass is 9.44. The molecule has 6 nitrogen and oxygen atoms in total. The number of epoxide rings is 1. The summed E-state index contributed by atoms with van der Waals surface area (Å²) in [7, 11) is 0. The minimum absolute atomic E-state index is 0.0907. The van der Waals surface area contributed by atoms with Crippen LogP contribution in [0.1, 0.15) is 70.3 Å². The van der Waals surface area contributed by atoms with Crippen molar-refractivity contribution in [3.63, 3.8) is 0 Å². The Bertz CT molecular complexity index is 942. The highest BCUT2D eigenvalue weighted by atomic mass is 16.6. The smallest absolute Gasteiger partial charge is 0.339 e. The van der Waals surface area contributed by atoms with Gasteiger partial charge in [-0.2, -0.15) is 0 Å². The topological polar surface area (TPSA) is 103 Å². The van der Waals surface area contributed by atoms with Gasteiger partial charge in [-0.3, -0.25) is 0 Å². The van der Waals surface area contributed by atoms with Crippen molar-refractivity contribution in [3.8, 4) is 5.75 Å². The van der Waals surface area contributed by atoms with E-state index in [4.69, 9.17) is 9.15 Å². The minimum atomic E-state index is -0.717. The zero-order valence-electron chi connectivity index (χ0n) is 17.7. The number of hydrogen-bond acceptors (Lipinski definition) is 6. The van der Waals surface area contributed by atoms with E-state index < -0.39 is 11.7 Å². The maximum atomic E-state index is 11.5. The number of aromatic hydroxyl groups is 1. The van der Waals surface area contributed by atoms with Crippen LogP contribution in [0.15, 0.2) is 21.5 Å². The number of hydrogen-bond donors (Lipinski definition) is 3. The van der Waals surface area contributed by atoms with Crippen molar-refractivity contribution < 1.29 is 24.5 Å². The Balaban J connectivity index is 1.40. The van der Waals surface area contributed by atoms with Gasteiger partial charge in [-0.1, -0.05) is 13.8 Å². The SMILES string of the molecule is C[C@]12CC[C@H](O)C[C@H]1CC[C@@H]1C2CC[C@]2(C)[C@@H](c3coc(=O)cc3O)[C@@H](O)[C@@H]3O[C@]132. The fraction of sp³-hybridized carbons (Fsp3) is 0.792. The molecule has 4 saturated carbocycles. The number of ether oxygens (including phenoxy) is 1. The van der Waals surface area contributed by atoms with Crippen LogP contribution in [0, 0.1) is 28.6 Å². The Kier molecular flexibility index (Phi) is 3.80. The van der Waals surface area contributed by atoms with E-state index in [0.29, 0.717) is 23.3 Å². The average molecular weight is 417 g/mol. The summed E-state index contributed by atoms with van der Waals surface area (Å²) in [6, 6.07) is 1.11. The first kappa shape index (κ1) is 19.3. The predicted octanol–water partition coefficient (Wildman–Crippen LogP) is 2.93. The molecule has 1 aromatic heterocycles. The van der Waals surface area contributed by atoms with Crippen LogP contribution in [-0.4, -0.2) is 39.2 Å². The Morgan fingerprint density at radius 2 is 1.87 bits per heavy atom. The molecule has 164 valence electrons. The monoisotopic (exact) mass is 416 g/mol. The molecule has 1 aromatic rings. The Morgan fingerprint density at radius 1 is 1.07 bits per heavy atom. The molecule has 1 saturated heterocycles. The third-order valence-electron chi connectivity index (χ3n) is 10.3. The van der Waals surface area contributed by atoms with Gasteiger partial charge in [0.05, 0.1) is 18.3 Å². The molecule has 0 aromatic carbocycles. The second-order valence-corrected chi connectivity index (χ2v) is 11.2. The van der Waals surface area contributed by atoms with Crippen molar-refractivity contribution in [2.24, 2.45) is 28.6 Å². The largest absolute Gasteiger partial charge is 0.507 e. The molecule has 0 bridgehead atoms. The molecular formula is C24H32O6. The lowest BCUT2D eigenvalue weighted by molar-refractivity contribution is -0.143. The highest BCUT2D eigenvalue weighted by molar-refractivity contribution is 5.42. The summed E-state index contributed by atoms with van der Waals surface area (Å²) in [5, 5.41) is 32.0. The molecule has 5 aliphatic rings. The summed E-state index contributed by atoms with van der Waals surface area (Å²) >= 11 is 0. The van der Waals surface area contributed by atoms with Gasteiger partial charge in [0.25, 0.3) is 0 Å². The average Bonchev–Trinajstić information content (AvgIpc) is 3.40. The number of fused-ring (bicyclic) bond motifs is 3. The third-order valence-corrected chi connectivity index (χ3v) is 10.3. The molecule has 10 atom stereocenters. The molecule has 2 heterocycles. The van der Waals surface area contributed by atoms with Crippen LogP contribution in [0.2, 0.25) is 0 Å². The zero-order chi connectivity index (χ0) is 21.1. The molecule has 1 unspecified atom stereocenters. The van der Waals surface area contributed by atoms with Crippen molar-refractivity contribution >= 4 is 0 Å². The second kappa shape index (κ2) is 5.90. The molecule has 0 radical (unpaired) electrons. The van der Waals surface area contributed by atoms with E-state index in [1.165, 1.54) is 6.26 Å². The van der Waals surface area contributed by atoms with Crippen LogP contribution in [0.3, 0.4) is 0 Å². The fourth-order valence-electron chi connectivity index (χ4n) is 8.87. The normalized spacial score (nSPS) is 53.9. The maximum Gasteiger partial charge on any atom is 0.339 e. The molecular weight excluding hydrogens is 384 g/mol. The van der Waals surface area contributed by atoms with Crippen LogP contribution in [-0.2, 0) is 4.74 Å². The van der Waals surface area contributed by atoms with Crippen molar-refractivity contribution in [2.75, 3.05) is 0 Å². The lowest BCUT2D eigenvalue weighted by Crippen LogP contribution is -2.58. The van der Waals surface area contributed by atoms with Crippen LogP contribution >= 0.6 is 0 Å². The first-order valence-corrected chi connectivity index (χ1v) is 11.6. The molecule has 30 heavy (non-hydrogen) atoms. The molecule has 4 aliphatic carbocycles. The van der Waals surface area contributed by atoms with Crippen LogP contribution < -0.4 is 5.63 Å². The molecule has 6 heteroatoms. The number of aliphatic hydroxyl groups excluding tert-OH is 2. The maximum absolute atomic E-state index is 11.5. The summed E-state index contributed by atoms with van der Waals surface area (Å²) in [6.07, 6.45) is 7.25. The van der Waals surface area contributed by atoms with E-state index in [2.05, 4.69) is 13.8 Å². The van der Waals surface area contributed by atoms with Crippen molar-refractivity contribution in [1.29, 1.82) is 0 Å². The standard InChI is InChI=1S/C24H32O6/c1-22-7-5-13(25)9-12(22)3-4-16-15(22)6-8-23(2)19(20(28)21-24(16,23)30-21)14-11-29-18(27)10-17(14)26/h10-13,15-16,19-21,25-26,28H,3-9H2,1-2H3/t12-,13+,15?,16-,19+,20-,21+,22+,23-,24-/m1/s1. The Hall–Kier alpha value is -1.37. The predicted molar refractivity (Wildman–Crippen MR) is 108 cm³/mol. The molecule has 3 N–H and O–H groups in total. The van der Waals surface area contributed by atoms with E-state index >= 15 is 0 Å². The fourth-order valence-corrected chi connectivity index (χ4v) is 8.87. The molecule has 6 rings (SSSR count). The van der Waals surface area contributed by atoms with E-state index in [0.717, 1.165) is 51.0 Å². The Morgan fingerprint density at radius 3 is 2.63 bits per heavy atom. The Labute approximate surface area is 176 Å². The summed E-state index contributed by atoms with van der Waals surface area (Å²) in [4.78, 5) is 11.5. The van der Waals surface area contributed by atoms with Crippen LogP contribution in [0.25, 0.3) is 0 Å². The van der Waals surface area contributed by atoms with Crippen molar-refractivity contribution in [2.45, 2.75) is 88.6 Å². The summed E-state index contributed by atoms with van der Waals surface area (Å²) in [5.41, 5.74) is -0.516. The van der Waals surface area contributed by atoms with E-state index in [9.17, 15) is 20.1 Å². The van der Waals surface area contributed by atoms with E-state index in [1.54, 1.807) is 0 Å². The molecule has 5 fully saturated rings. The van der Waals surface area contributed by atoms with Gasteiger partial charge in [-0.15, -0.1) is 0 Å². The number of rotatable bonds is 1. The zero-order valence-corrected chi connectivity index (χ0v) is 17.7. The van der Waals surface area contributed by atoms with Crippen molar-refractivity contribution in [3.05, 3.63) is 28.3 Å². The summed E-state index contributed by atoms with van der Waals surface area (Å²) < 4.78 is 11.5. The second-order valence-electron chi connectivity index (χ2n) is 11.2. The van der Waals surface area contributed by atoms with Gasteiger partial charge in [0.15, 0.2) is 0 Å². The summed E-state index contributed by atoms with van der Waals surface area (Å²) in [6.45, 7) is 4.63. The quantitative estimate of drug-likeness (QED) is 0.608. The van der Waals surface area contributed by atoms with Gasteiger partial charge < -0.3 is 24.5 Å². The lowest BCUT2D eigenvalue weighted by Gasteiger charge is -2.61. The van der Waals surface area contributed by atoms with Gasteiger partial charge in [0.1, 0.15) is 23.7 Å². The van der Waals surface area contributed by atoms with Crippen molar-refractivity contribution in [1.82, 2.24) is 0 Å². The first-order chi connectivity index (χ1) is 14.2. The molecule has 1 aliphatic heterocycles. The van der Waals surface area contributed by atoms with E-state index in [-0.39, 0.29) is 40.3 Å². The first-order valence-electron chi connectivity index (χ1n) is 11.6. The van der Waals surface area contributed by atoms with Crippen LogP contribution in [0.4, 0.5) is 0 Å². The highest BCUT2D eigenvalue weighted by Crippen LogP contribution is 2.78. The third kappa shape index (κ3) is 2.13. The van der Waals surface area contributed by atoms with Gasteiger partial charge in [0.2, 0.25) is 0 Å². The van der Waals surface area contributed by atoms with Gasteiger partial charge >= 0.3 is 5.63 Å². The summed E-state index contributed by atoms with van der Waals surface area (Å²) in [5.74, 6) is 1.09. The molecule has 1 spiro atoms. The van der Waals surface area contributed by atoms with Gasteiger partial charge in [0, 0.05) is 16.9 Å². The highest BCUT2D eigenvalue weighted by Gasteiger charge is 2.83. The number of aliphatic hydroxyl groups is 2. The minimum Gasteiger partial charge on any atom is -0.507 e. The van der Waals surface area contributed by atoms with Gasteiger partial charge in [-0.25, -0.2) is 4.79 Å². The van der Waals surface area contributed by atoms with Crippen LogP contribution in [0.5, 0.6) is 5.75 Å². The van der Waals surface area contributed by atoms with E-state index in [1.807, 2.05) is 0 Å². The van der Waals surface area contributed by atoms with Gasteiger partial charge in [-0.05, 0) is 68.1 Å². The molecule has 0 amide bonds.